The van der Waals surface area contributed by atoms with Crippen LogP contribution >= 0.6 is 23.2 Å². The number of carbonyl (C=O) groups is 2. The highest BCUT2D eigenvalue weighted by Crippen LogP contribution is 2.41. The van der Waals surface area contributed by atoms with Crippen molar-refractivity contribution in [2.45, 2.75) is 38.6 Å². The molecule has 7 heteroatoms. The number of amides is 1. The van der Waals surface area contributed by atoms with Crippen molar-refractivity contribution in [2.24, 2.45) is 5.92 Å². The van der Waals surface area contributed by atoms with Crippen molar-refractivity contribution in [1.29, 1.82) is 0 Å². The summed E-state index contributed by atoms with van der Waals surface area (Å²) in [5.74, 6) is -0.394. The average Bonchev–Trinajstić information content (AvgIpc) is 3.15. The van der Waals surface area contributed by atoms with Crippen LogP contribution in [0.3, 0.4) is 0 Å². The zero-order valence-electron chi connectivity index (χ0n) is 14.6. The summed E-state index contributed by atoms with van der Waals surface area (Å²) in [6, 6.07) is 4.83. The zero-order valence-corrected chi connectivity index (χ0v) is 16.1. The molecular formula is C19H21Cl2N3O2. The fourth-order valence-electron chi connectivity index (χ4n) is 3.51. The van der Waals surface area contributed by atoms with Crippen molar-refractivity contribution in [3.8, 4) is 0 Å². The fourth-order valence-corrected chi connectivity index (χ4v) is 4.03. The molecule has 2 aromatic rings. The minimum Gasteiger partial charge on any atom is -0.335 e. The molecule has 2 unspecified atom stereocenters. The highest BCUT2D eigenvalue weighted by atomic mass is 35.5. The Morgan fingerprint density at radius 2 is 2.15 bits per heavy atom. The lowest BCUT2D eigenvalue weighted by Gasteiger charge is -2.41. The molecule has 0 aliphatic carbocycles. The van der Waals surface area contributed by atoms with Gasteiger partial charge in [-0.25, -0.2) is 4.98 Å². The van der Waals surface area contributed by atoms with Crippen molar-refractivity contribution in [1.82, 2.24) is 14.5 Å². The van der Waals surface area contributed by atoms with E-state index in [0.29, 0.717) is 29.4 Å². The van der Waals surface area contributed by atoms with Gasteiger partial charge >= 0.3 is 0 Å². The smallest absolute Gasteiger partial charge is 0.237 e. The van der Waals surface area contributed by atoms with Crippen LogP contribution in [0.2, 0.25) is 10.0 Å². The summed E-state index contributed by atoms with van der Waals surface area (Å²) in [4.78, 5) is 31.5. The van der Waals surface area contributed by atoms with Gasteiger partial charge in [-0.05, 0) is 30.5 Å². The van der Waals surface area contributed by atoms with Crippen molar-refractivity contribution >= 4 is 35.0 Å². The molecule has 1 aliphatic rings. The fraction of sp³-hybridized carbons (Fsp3) is 0.421. The van der Waals surface area contributed by atoms with Gasteiger partial charge in [0.05, 0.1) is 12.0 Å². The third-order valence-corrected chi connectivity index (χ3v) is 5.38. The standard InChI is InChI=1S/C19H21Cl2N3O2/c1-2-3-9-24-17(25)7-6-15(19(26)23-10-8-22-12-23)18(24)14-5-4-13(20)11-16(14)21/h4-5,8,10-12,15,18H,2-3,6-7,9H2,1H3. The minimum absolute atomic E-state index is 0.0594. The number of carbonyl (C=O) groups excluding carboxylic acids is 2. The number of imidazole rings is 1. The van der Waals surface area contributed by atoms with Gasteiger partial charge in [0.2, 0.25) is 11.8 Å². The number of unbranched alkanes of at least 4 members (excludes halogenated alkanes) is 1. The van der Waals surface area contributed by atoms with E-state index >= 15 is 0 Å². The third-order valence-electron chi connectivity index (χ3n) is 4.82. The van der Waals surface area contributed by atoms with Crippen LogP contribution in [-0.2, 0) is 4.79 Å². The Labute approximate surface area is 162 Å². The molecule has 0 radical (unpaired) electrons. The number of piperidine rings is 1. The molecule has 5 nitrogen and oxygen atoms in total. The molecule has 1 aromatic carbocycles. The second kappa shape index (κ2) is 8.23. The summed E-state index contributed by atoms with van der Waals surface area (Å²) in [7, 11) is 0. The number of benzene rings is 1. The number of aromatic nitrogens is 2. The summed E-state index contributed by atoms with van der Waals surface area (Å²) in [6.45, 7) is 2.68. The molecule has 0 N–H and O–H groups in total. The van der Waals surface area contributed by atoms with E-state index < -0.39 is 6.04 Å². The Morgan fingerprint density at radius 1 is 1.35 bits per heavy atom. The number of rotatable bonds is 5. The lowest BCUT2D eigenvalue weighted by Crippen LogP contribution is -2.46. The first-order valence-corrected chi connectivity index (χ1v) is 9.55. The van der Waals surface area contributed by atoms with E-state index in [0.717, 1.165) is 18.4 Å². The largest absolute Gasteiger partial charge is 0.335 e. The van der Waals surface area contributed by atoms with Gasteiger partial charge in [0.15, 0.2) is 0 Å². The number of halogens is 2. The molecule has 1 aliphatic heterocycles. The highest BCUT2D eigenvalue weighted by molar-refractivity contribution is 6.35. The SMILES string of the molecule is CCCCN1C(=O)CCC(C(=O)n2ccnc2)C1c1ccc(Cl)cc1Cl. The molecule has 2 heterocycles. The predicted molar refractivity (Wildman–Crippen MR) is 101 cm³/mol. The van der Waals surface area contributed by atoms with Crippen LogP contribution in [-0.4, -0.2) is 32.8 Å². The Balaban J connectivity index is 2.03. The van der Waals surface area contributed by atoms with Crippen LogP contribution in [0.4, 0.5) is 0 Å². The Kier molecular flexibility index (Phi) is 5.99. The molecule has 0 bridgehead atoms. The molecule has 2 atom stereocenters. The van der Waals surface area contributed by atoms with E-state index in [1.165, 1.54) is 10.9 Å². The second-order valence-electron chi connectivity index (χ2n) is 6.50. The molecule has 138 valence electrons. The van der Waals surface area contributed by atoms with Gasteiger partial charge in [-0.2, -0.15) is 0 Å². The van der Waals surface area contributed by atoms with Crippen LogP contribution in [0.15, 0.2) is 36.9 Å². The number of hydrogen-bond donors (Lipinski definition) is 0. The van der Waals surface area contributed by atoms with Gasteiger partial charge in [0, 0.05) is 35.4 Å². The van der Waals surface area contributed by atoms with E-state index in [1.807, 2.05) is 11.0 Å². The molecule has 26 heavy (non-hydrogen) atoms. The maximum absolute atomic E-state index is 13.1. The summed E-state index contributed by atoms with van der Waals surface area (Å²) in [5, 5.41) is 1.00. The maximum Gasteiger partial charge on any atom is 0.237 e. The number of nitrogens with zero attached hydrogens (tertiary/aromatic N) is 3. The van der Waals surface area contributed by atoms with Crippen molar-refractivity contribution in [3.05, 3.63) is 52.5 Å². The summed E-state index contributed by atoms with van der Waals surface area (Å²) in [5.41, 5.74) is 0.763. The van der Waals surface area contributed by atoms with Crippen molar-refractivity contribution in [3.63, 3.8) is 0 Å². The number of hydrogen-bond acceptors (Lipinski definition) is 3. The normalized spacial score (nSPS) is 20.4. The van der Waals surface area contributed by atoms with Crippen LogP contribution in [0, 0.1) is 5.92 Å². The molecule has 1 fully saturated rings. The van der Waals surface area contributed by atoms with Gasteiger partial charge in [-0.3, -0.25) is 14.2 Å². The van der Waals surface area contributed by atoms with Crippen LogP contribution in [0.25, 0.3) is 0 Å². The van der Waals surface area contributed by atoms with Crippen LogP contribution in [0.1, 0.15) is 49.0 Å². The monoisotopic (exact) mass is 393 g/mol. The quantitative estimate of drug-likeness (QED) is 0.744. The van der Waals surface area contributed by atoms with E-state index in [1.54, 1.807) is 24.5 Å². The van der Waals surface area contributed by atoms with Gasteiger partial charge < -0.3 is 4.90 Å². The molecule has 1 amide bonds. The predicted octanol–water partition coefficient (Wildman–Crippen LogP) is 4.61. The van der Waals surface area contributed by atoms with E-state index in [2.05, 4.69) is 11.9 Å². The first kappa shape index (κ1) is 18.9. The highest BCUT2D eigenvalue weighted by Gasteiger charge is 2.41. The molecule has 0 spiro atoms. The van der Waals surface area contributed by atoms with Crippen molar-refractivity contribution < 1.29 is 9.59 Å². The van der Waals surface area contributed by atoms with Gasteiger partial charge in [-0.1, -0.05) is 42.6 Å². The lowest BCUT2D eigenvalue weighted by molar-refractivity contribution is -0.138. The topological polar surface area (TPSA) is 55.2 Å². The van der Waals surface area contributed by atoms with Crippen LogP contribution in [0.5, 0.6) is 0 Å². The summed E-state index contributed by atoms with van der Waals surface area (Å²) < 4.78 is 1.48. The molecule has 1 aromatic heterocycles. The third kappa shape index (κ3) is 3.79. The van der Waals surface area contributed by atoms with E-state index in [9.17, 15) is 9.59 Å². The molecule has 0 saturated carbocycles. The van der Waals surface area contributed by atoms with Crippen LogP contribution < -0.4 is 0 Å². The molecule has 3 rings (SSSR count). The molecule has 1 saturated heterocycles. The Hall–Kier alpha value is -1.85. The second-order valence-corrected chi connectivity index (χ2v) is 7.35. The Morgan fingerprint density at radius 3 is 2.81 bits per heavy atom. The lowest BCUT2D eigenvalue weighted by atomic mass is 9.83. The first-order valence-electron chi connectivity index (χ1n) is 8.79. The first-order chi connectivity index (χ1) is 12.5. The average molecular weight is 394 g/mol. The van der Waals surface area contributed by atoms with Crippen molar-refractivity contribution in [2.75, 3.05) is 6.54 Å². The van der Waals surface area contributed by atoms with Gasteiger partial charge in [0.25, 0.3) is 0 Å². The minimum atomic E-state index is -0.400. The molecular weight excluding hydrogens is 373 g/mol. The zero-order chi connectivity index (χ0) is 18.7. The summed E-state index contributed by atoms with van der Waals surface area (Å²) >= 11 is 12.5. The van der Waals surface area contributed by atoms with E-state index in [4.69, 9.17) is 23.2 Å². The van der Waals surface area contributed by atoms with Gasteiger partial charge in [0.1, 0.15) is 6.33 Å². The Bertz CT molecular complexity index is 792. The summed E-state index contributed by atoms with van der Waals surface area (Å²) in [6.07, 6.45) is 7.39. The van der Waals surface area contributed by atoms with E-state index in [-0.39, 0.29) is 17.7 Å². The number of likely N-dealkylation sites (tertiary alicyclic amines) is 1. The van der Waals surface area contributed by atoms with Gasteiger partial charge in [-0.15, -0.1) is 0 Å². The maximum atomic E-state index is 13.1.